The molecule has 0 unspecified atom stereocenters. The van der Waals surface area contributed by atoms with Crippen LogP contribution in [0.15, 0.2) is 48.0 Å². The van der Waals surface area contributed by atoms with E-state index >= 15 is 0 Å². The molecule has 3 rings (SSSR count). The Morgan fingerprint density at radius 3 is 2.74 bits per heavy atom. The van der Waals surface area contributed by atoms with Gasteiger partial charge in [0.15, 0.2) is 0 Å². The minimum atomic E-state index is -0.380. The van der Waals surface area contributed by atoms with Gasteiger partial charge in [-0.1, -0.05) is 0 Å². The van der Waals surface area contributed by atoms with Crippen molar-refractivity contribution >= 4 is 53.5 Å². The number of carbonyl (C=O) groups excluding carboxylic acids is 2. The van der Waals surface area contributed by atoms with Gasteiger partial charge < -0.3 is 0 Å². The fraction of sp³-hybridized carbons (Fsp3) is 0. The van der Waals surface area contributed by atoms with Gasteiger partial charge in [-0.3, -0.25) is 0 Å². The maximum absolute atomic E-state index is 12.9. The predicted octanol–water partition coefficient (Wildman–Crippen LogP) is 2.89. The van der Waals surface area contributed by atoms with E-state index in [2.05, 4.69) is 10.3 Å². The van der Waals surface area contributed by atoms with Crippen molar-refractivity contribution in [2.75, 3.05) is 10.2 Å². The van der Waals surface area contributed by atoms with Gasteiger partial charge in [-0.15, -0.1) is 0 Å². The van der Waals surface area contributed by atoms with Crippen LogP contribution < -0.4 is 10.2 Å². The van der Waals surface area contributed by atoms with Crippen molar-refractivity contribution in [2.45, 2.75) is 0 Å². The summed E-state index contributed by atoms with van der Waals surface area (Å²) in [6, 6.07) is 9.18. The van der Waals surface area contributed by atoms with Crippen molar-refractivity contribution in [2.24, 2.45) is 0 Å². The summed E-state index contributed by atoms with van der Waals surface area (Å²) in [4.78, 5) is 29.1. The van der Waals surface area contributed by atoms with E-state index in [1.165, 1.54) is 46.7 Å². The van der Waals surface area contributed by atoms with E-state index in [0.29, 0.717) is 21.2 Å². The zero-order chi connectivity index (χ0) is 16.2. The van der Waals surface area contributed by atoms with Crippen LogP contribution in [0.3, 0.4) is 0 Å². The van der Waals surface area contributed by atoms with Crippen molar-refractivity contribution in [3.63, 3.8) is 0 Å². The molecule has 0 spiro atoms. The summed E-state index contributed by atoms with van der Waals surface area (Å²) in [5.41, 5.74) is 0.507. The van der Waals surface area contributed by atoms with Gasteiger partial charge in [0.2, 0.25) is 0 Å². The van der Waals surface area contributed by atoms with E-state index in [1.54, 1.807) is 0 Å². The molecule has 23 heavy (non-hydrogen) atoms. The fourth-order valence-electron chi connectivity index (χ4n) is 1.81. The number of nitrogens with one attached hydrogen (secondary N) is 1. The summed E-state index contributed by atoms with van der Waals surface area (Å²) >= 11 is 1.04. The summed E-state index contributed by atoms with van der Waals surface area (Å²) in [5.74, 6) is -0.664. The second-order valence-electron chi connectivity index (χ2n) is 4.39. The quantitative estimate of drug-likeness (QED) is 0.535. The van der Waals surface area contributed by atoms with Gasteiger partial charge in [0, 0.05) is 0 Å². The van der Waals surface area contributed by atoms with E-state index in [4.69, 9.17) is 0 Å². The van der Waals surface area contributed by atoms with Crippen molar-refractivity contribution in [3.05, 3.63) is 58.2 Å². The van der Waals surface area contributed by atoms with Gasteiger partial charge in [0.05, 0.1) is 0 Å². The molecule has 0 saturated heterocycles. The van der Waals surface area contributed by atoms with Crippen molar-refractivity contribution < 1.29 is 14.0 Å². The first-order valence-electron chi connectivity index (χ1n) is 6.48. The van der Waals surface area contributed by atoms with Crippen LogP contribution in [0.4, 0.5) is 19.8 Å². The van der Waals surface area contributed by atoms with Gasteiger partial charge in [-0.25, -0.2) is 0 Å². The van der Waals surface area contributed by atoms with Gasteiger partial charge in [0.1, 0.15) is 0 Å². The zero-order valence-electron chi connectivity index (χ0n) is 11.6. The molecular weight excluding hydrogens is 384 g/mol. The van der Waals surface area contributed by atoms with Crippen molar-refractivity contribution in [1.29, 1.82) is 0 Å². The maximum atomic E-state index is 12.9. The molecule has 5 nitrogen and oxygen atoms in total. The van der Waals surface area contributed by atoms with E-state index in [0.717, 1.165) is 5.00 Å². The molecule has 0 fully saturated rings. The Hall–Kier alpha value is -2.28. The molecule has 2 aromatic heterocycles. The van der Waals surface area contributed by atoms with Crippen LogP contribution in [0.5, 0.6) is 0 Å². The molecule has 0 radical (unpaired) electrons. The third-order valence-electron chi connectivity index (χ3n) is 2.87. The average molecular weight is 394 g/mol. The summed E-state index contributed by atoms with van der Waals surface area (Å²) in [6.45, 7) is 0. The number of carbonyl (C=O) groups is 2. The molecular formula is C15H10FN3O2SSe. The third-order valence-corrected chi connectivity index (χ3v) is 5.83. The van der Waals surface area contributed by atoms with Crippen LogP contribution in [-0.4, -0.2) is 31.8 Å². The molecule has 0 saturated carbocycles. The summed E-state index contributed by atoms with van der Waals surface area (Å²) < 4.78 is 13.9. The summed E-state index contributed by atoms with van der Waals surface area (Å²) in [6.07, 6.45) is 2.17. The second-order valence-corrected chi connectivity index (χ2v) is 7.44. The second kappa shape index (κ2) is 6.87. The Morgan fingerprint density at radius 2 is 2.09 bits per heavy atom. The molecule has 3 aromatic rings. The van der Waals surface area contributed by atoms with E-state index < -0.39 is 0 Å². The Morgan fingerprint density at radius 1 is 1.30 bits per heavy atom. The normalized spacial score (nSPS) is 10.3. The molecule has 0 aliphatic carbocycles. The monoisotopic (exact) mass is 395 g/mol. The fourth-order valence-corrected chi connectivity index (χ4v) is 4.29. The van der Waals surface area contributed by atoms with E-state index in [1.807, 2.05) is 17.5 Å². The number of rotatable bonds is 5. The Labute approximate surface area is 141 Å². The molecule has 2 heterocycles. The van der Waals surface area contributed by atoms with Crippen LogP contribution in [0.2, 0.25) is 0 Å². The summed E-state index contributed by atoms with van der Waals surface area (Å²) in [5, 5.41) is 5.31. The zero-order valence-corrected chi connectivity index (χ0v) is 14.1. The molecule has 1 aromatic carbocycles. The standard InChI is InChI=1S/C15H10FN3O2SSe/c16-10-3-5-11(6-4-10)18-14(21)12-8-17-15(23-12)19(9-20)13-2-1-7-22-13/h1-9H,(H,18,21). The van der Waals surface area contributed by atoms with Gasteiger partial charge in [-0.05, 0) is 0 Å². The Balaban J connectivity index is 1.77. The molecule has 0 atom stereocenters. The number of amides is 2. The van der Waals surface area contributed by atoms with Crippen LogP contribution in [0, 0.1) is 5.82 Å². The first-order chi connectivity index (χ1) is 11.2. The van der Waals surface area contributed by atoms with Crippen LogP contribution in [0.25, 0.3) is 0 Å². The van der Waals surface area contributed by atoms with Crippen LogP contribution in [-0.2, 0) is 4.79 Å². The first kappa shape index (κ1) is 15.6. The number of benzene rings is 1. The number of halogens is 1. The van der Waals surface area contributed by atoms with Crippen LogP contribution in [0.1, 0.15) is 9.23 Å². The molecule has 0 aliphatic heterocycles. The van der Waals surface area contributed by atoms with Gasteiger partial charge >= 0.3 is 141 Å². The predicted molar refractivity (Wildman–Crippen MR) is 88.1 cm³/mol. The van der Waals surface area contributed by atoms with Crippen molar-refractivity contribution in [3.8, 4) is 0 Å². The Bertz CT molecular complexity index is 818. The van der Waals surface area contributed by atoms with Gasteiger partial charge in [0.25, 0.3) is 0 Å². The molecule has 1 N–H and O–H groups in total. The SMILES string of the molecule is O=CN(c1cccs1)c1ncc(C(=O)Nc2ccc(F)cc2)[se]1. The number of thiophene rings is 1. The third kappa shape index (κ3) is 3.56. The molecule has 2 amide bonds. The number of aromatic nitrogens is 1. The number of hydrogen-bond acceptors (Lipinski definition) is 4. The van der Waals surface area contributed by atoms with E-state index in [9.17, 15) is 14.0 Å². The number of hydrogen-bond donors (Lipinski definition) is 1. The van der Waals surface area contributed by atoms with Gasteiger partial charge in [-0.2, -0.15) is 0 Å². The number of nitrogens with zero attached hydrogens (tertiary/aromatic N) is 2. The molecule has 116 valence electrons. The topological polar surface area (TPSA) is 62.3 Å². The average Bonchev–Trinajstić information content (AvgIpc) is 3.23. The molecule has 8 heteroatoms. The minimum absolute atomic E-state index is 0.299. The summed E-state index contributed by atoms with van der Waals surface area (Å²) in [7, 11) is 0. The Kier molecular flexibility index (Phi) is 4.66. The first-order valence-corrected chi connectivity index (χ1v) is 9.07. The molecule has 0 bridgehead atoms. The number of anilines is 3. The van der Waals surface area contributed by atoms with E-state index in [-0.39, 0.29) is 26.2 Å². The van der Waals surface area contributed by atoms with Crippen molar-refractivity contribution in [1.82, 2.24) is 4.98 Å². The molecule has 0 aliphatic rings. The van der Waals surface area contributed by atoms with Crippen LogP contribution >= 0.6 is 11.3 Å².